The van der Waals surface area contributed by atoms with Gasteiger partial charge in [0.25, 0.3) is 0 Å². The second-order valence-corrected chi connectivity index (χ2v) is 2.54. The Kier molecular flexibility index (Phi) is 3.15. The predicted octanol–water partition coefficient (Wildman–Crippen LogP) is 1.09. The second kappa shape index (κ2) is 4.39. The van der Waals surface area contributed by atoms with Crippen molar-refractivity contribution in [1.29, 1.82) is 0 Å². The molecule has 1 rings (SSSR count). The van der Waals surface area contributed by atoms with Crippen LogP contribution in [0.4, 0.5) is 0 Å². The largest absolute Gasteiger partial charge is 0.240 e. The zero-order valence-corrected chi connectivity index (χ0v) is 6.49. The number of hydrogen-bond acceptors (Lipinski definition) is 4. The number of hydrogen-bond donors (Lipinski definition) is 0. The van der Waals surface area contributed by atoms with Crippen LogP contribution in [-0.4, -0.2) is 18.2 Å². The van der Waals surface area contributed by atoms with Gasteiger partial charge >= 0.3 is 0 Å². The summed E-state index contributed by atoms with van der Waals surface area (Å²) in [6.45, 7) is 0. The Bertz CT molecular complexity index is 283. The monoisotopic (exact) mass is 164 g/mol. The van der Waals surface area contributed by atoms with Crippen molar-refractivity contribution in [2.24, 2.45) is 9.98 Å². The molecule has 12 heavy (non-hydrogen) atoms. The summed E-state index contributed by atoms with van der Waals surface area (Å²) in [6.07, 6.45) is 7.15. The first-order chi connectivity index (χ1) is 5.86. The lowest BCUT2D eigenvalue weighted by atomic mass is 10.0. The molecule has 1 unspecified atom stereocenters. The third kappa shape index (κ3) is 2.27. The third-order valence-corrected chi connectivity index (χ3v) is 1.73. The lowest BCUT2D eigenvalue weighted by Crippen LogP contribution is -2.06. The zero-order chi connectivity index (χ0) is 8.81. The van der Waals surface area contributed by atoms with Gasteiger partial charge in [-0.15, -0.1) is 0 Å². The van der Waals surface area contributed by atoms with E-state index in [1.807, 2.05) is 0 Å². The van der Waals surface area contributed by atoms with Crippen LogP contribution in [0.1, 0.15) is 19.3 Å². The topological polar surface area (TPSA) is 58.9 Å². The maximum atomic E-state index is 9.91. The number of allylic oxidation sites excluding steroid dienone is 1. The minimum atomic E-state index is -0.150. The lowest BCUT2D eigenvalue weighted by molar-refractivity contribution is 0.552. The summed E-state index contributed by atoms with van der Waals surface area (Å²) in [5.41, 5.74) is 0.667. The van der Waals surface area contributed by atoms with E-state index in [0.717, 1.165) is 19.3 Å². The van der Waals surface area contributed by atoms with Gasteiger partial charge in [0.05, 0.1) is 11.7 Å². The van der Waals surface area contributed by atoms with Crippen LogP contribution in [0.3, 0.4) is 0 Å². The molecule has 0 radical (unpaired) electrons. The van der Waals surface area contributed by atoms with E-state index < -0.39 is 0 Å². The number of nitrogens with zero attached hydrogens (tertiary/aromatic N) is 2. The summed E-state index contributed by atoms with van der Waals surface area (Å²) in [4.78, 5) is 26.8. The molecule has 0 aromatic rings. The summed E-state index contributed by atoms with van der Waals surface area (Å²) >= 11 is 0. The summed E-state index contributed by atoms with van der Waals surface area (Å²) < 4.78 is 0. The molecule has 1 atom stereocenters. The van der Waals surface area contributed by atoms with E-state index in [9.17, 15) is 9.59 Å². The molecule has 0 N–H and O–H groups in total. The summed E-state index contributed by atoms with van der Waals surface area (Å²) in [6, 6.07) is -0.150. The molecule has 0 saturated heterocycles. The van der Waals surface area contributed by atoms with Crippen molar-refractivity contribution < 1.29 is 9.59 Å². The molecule has 1 aliphatic carbocycles. The molecule has 0 aliphatic heterocycles. The van der Waals surface area contributed by atoms with Crippen molar-refractivity contribution in [1.82, 2.24) is 0 Å². The molecular formula is C8H8N2O2. The van der Waals surface area contributed by atoms with Crippen LogP contribution in [0, 0.1) is 0 Å². The van der Waals surface area contributed by atoms with Gasteiger partial charge < -0.3 is 0 Å². The minimum absolute atomic E-state index is 0.150. The smallest absolute Gasteiger partial charge is 0.211 e. The van der Waals surface area contributed by atoms with Gasteiger partial charge in [-0.2, -0.15) is 9.98 Å². The summed E-state index contributed by atoms with van der Waals surface area (Å²) in [5.74, 6) is 0. The molecule has 0 amide bonds. The lowest BCUT2D eigenvalue weighted by Gasteiger charge is -2.12. The van der Waals surface area contributed by atoms with E-state index in [4.69, 9.17) is 0 Å². The Morgan fingerprint density at radius 2 is 2.25 bits per heavy atom. The molecule has 4 heteroatoms. The van der Waals surface area contributed by atoms with Crippen molar-refractivity contribution >= 4 is 12.2 Å². The highest BCUT2D eigenvalue weighted by molar-refractivity contribution is 5.38. The average Bonchev–Trinajstić information content (AvgIpc) is 2.06. The standard InChI is InChI=1S/C8H8N2O2/c11-5-9-7-2-1-3-8(4-7)10-6-12/h4,7H,1-3H2. The van der Waals surface area contributed by atoms with E-state index in [1.54, 1.807) is 6.08 Å². The molecular weight excluding hydrogens is 156 g/mol. The van der Waals surface area contributed by atoms with Crippen molar-refractivity contribution in [3.63, 3.8) is 0 Å². The van der Waals surface area contributed by atoms with Crippen molar-refractivity contribution in [3.8, 4) is 0 Å². The number of carbonyl (C=O) groups excluding carboxylic acids is 2. The van der Waals surface area contributed by atoms with Crippen LogP contribution in [0.15, 0.2) is 21.8 Å². The fraction of sp³-hybridized carbons (Fsp3) is 0.500. The Morgan fingerprint density at radius 1 is 1.42 bits per heavy atom. The fourth-order valence-electron chi connectivity index (χ4n) is 1.20. The normalized spacial score (nSPS) is 21.7. The molecule has 0 fully saturated rings. The Labute approximate surface area is 69.7 Å². The molecule has 0 heterocycles. The Hall–Kier alpha value is -1.50. The Balaban J connectivity index is 2.75. The van der Waals surface area contributed by atoms with Crippen LogP contribution >= 0.6 is 0 Å². The molecule has 1 aliphatic rings. The van der Waals surface area contributed by atoms with E-state index in [-0.39, 0.29) is 6.04 Å². The number of isocyanates is 2. The maximum Gasteiger partial charge on any atom is 0.240 e. The molecule has 0 aromatic carbocycles. The first-order valence-corrected chi connectivity index (χ1v) is 3.72. The van der Waals surface area contributed by atoms with Crippen LogP contribution in [0.5, 0.6) is 0 Å². The third-order valence-electron chi connectivity index (χ3n) is 1.73. The van der Waals surface area contributed by atoms with E-state index in [2.05, 4.69) is 9.98 Å². The fourth-order valence-corrected chi connectivity index (χ4v) is 1.20. The first-order valence-electron chi connectivity index (χ1n) is 3.72. The van der Waals surface area contributed by atoms with E-state index in [1.165, 1.54) is 12.2 Å². The molecule has 0 aromatic heterocycles. The molecule has 4 nitrogen and oxygen atoms in total. The van der Waals surface area contributed by atoms with Gasteiger partial charge in [0.2, 0.25) is 12.2 Å². The van der Waals surface area contributed by atoms with Gasteiger partial charge in [0, 0.05) is 0 Å². The zero-order valence-electron chi connectivity index (χ0n) is 6.49. The molecule has 0 spiro atoms. The summed E-state index contributed by atoms with van der Waals surface area (Å²) in [7, 11) is 0. The highest BCUT2D eigenvalue weighted by atomic mass is 16.1. The quantitative estimate of drug-likeness (QED) is 0.453. The van der Waals surface area contributed by atoms with E-state index >= 15 is 0 Å². The van der Waals surface area contributed by atoms with E-state index in [0.29, 0.717) is 5.70 Å². The average molecular weight is 164 g/mol. The van der Waals surface area contributed by atoms with Crippen molar-refractivity contribution in [3.05, 3.63) is 11.8 Å². The highest BCUT2D eigenvalue weighted by Gasteiger charge is 2.11. The van der Waals surface area contributed by atoms with Crippen molar-refractivity contribution in [2.45, 2.75) is 25.3 Å². The van der Waals surface area contributed by atoms with Crippen LogP contribution in [0.2, 0.25) is 0 Å². The number of rotatable bonds is 2. The first kappa shape index (κ1) is 8.60. The maximum absolute atomic E-state index is 9.91. The summed E-state index contributed by atoms with van der Waals surface area (Å²) in [5, 5.41) is 0. The second-order valence-electron chi connectivity index (χ2n) is 2.54. The number of aliphatic imine (C=N–C) groups is 2. The Morgan fingerprint density at radius 3 is 2.92 bits per heavy atom. The van der Waals surface area contributed by atoms with Gasteiger partial charge in [-0.25, -0.2) is 9.59 Å². The van der Waals surface area contributed by atoms with Crippen molar-refractivity contribution in [2.75, 3.05) is 0 Å². The van der Waals surface area contributed by atoms with Crippen LogP contribution < -0.4 is 0 Å². The molecule has 62 valence electrons. The SMILES string of the molecule is O=C=NC1=CC(N=C=O)CCC1. The molecule has 0 bridgehead atoms. The van der Waals surface area contributed by atoms with Gasteiger partial charge in [0.1, 0.15) is 0 Å². The van der Waals surface area contributed by atoms with Gasteiger partial charge in [-0.3, -0.25) is 0 Å². The van der Waals surface area contributed by atoms with Gasteiger partial charge in [-0.1, -0.05) is 0 Å². The van der Waals surface area contributed by atoms with Gasteiger partial charge in [0.15, 0.2) is 0 Å². The molecule has 0 saturated carbocycles. The van der Waals surface area contributed by atoms with Crippen LogP contribution in [-0.2, 0) is 9.59 Å². The van der Waals surface area contributed by atoms with Crippen LogP contribution in [0.25, 0.3) is 0 Å². The highest BCUT2D eigenvalue weighted by Crippen LogP contribution is 2.20. The van der Waals surface area contributed by atoms with Gasteiger partial charge in [-0.05, 0) is 25.3 Å². The predicted molar refractivity (Wildman–Crippen MR) is 42.0 cm³/mol. The minimum Gasteiger partial charge on any atom is -0.211 e.